The number of ether oxygens (including phenoxy) is 1. The number of nitro groups is 1. The van der Waals surface area contributed by atoms with Crippen LogP contribution in [-0.4, -0.2) is 34.1 Å². The van der Waals surface area contributed by atoms with Gasteiger partial charge in [0, 0.05) is 18.2 Å². The van der Waals surface area contributed by atoms with Crippen LogP contribution in [0.5, 0.6) is 5.88 Å². The lowest BCUT2D eigenvalue weighted by Crippen LogP contribution is -2.20. The molecular formula is C10H13N3O5. The Morgan fingerprint density at radius 2 is 2.33 bits per heavy atom. The highest BCUT2D eigenvalue weighted by Crippen LogP contribution is 2.25. The summed E-state index contributed by atoms with van der Waals surface area (Å²) in [6.45, 7) is 1.60. The molecule has 0 amide bonds. The summed E-state index contributed by atoms with van der Waals surface area (Å²) in [5.74, 6) is -0.792. The van der Waals surface area contributed by atoms with Gasteiger partial charge in [0.15, 0.2) is 0 Å². The first kappa shape index (κ1) is 13.7. The monoisotopic (exact) mass is 255 g/mol. The third-order valence-corrected chi connectivity index (χ3v) is 2.12. The molecule has 0 aromatic carbocycles. The van der Waals surface area contributed by atoms with E-state index in [-0.39, 0.29) is 23.8 Å². The van der Waals surface area contributed by atoms with Crippen molar-refractivity contribution >= 4 is 17.5 Å². The average Bonchev–Trinajstić information content (AvgIpc) is 2.27. The van der Waals surface area contributed by atoms with E-state index >= 15 is 0 Å². The van der Waals surface area contributed by atoms with Crippen LogP contribution < -0.4 is 10.1 Å². The second kappa shape index (κ2) is 5.80. The summed E-state index contributed by atoms with van der Waals surface area (Å²) in [7, 11) is 1.39. The number of carboxylic acids is 1. The van der Waals surface area contributed by atoms with Crippen molar-refractivity contribution in [3.8, 4) is 5.88 Å². The molecule has 0 aliphatic heterocycles. The third-order valence-electron chi connectivity index (χ3n) is 2.12. The number of hydrogen-bond acceptors (Lipinski definition) is 6. The molecule has 1 unspecified atom stereocenters. The molecule has 18 heavy (non-hydrogen) atoms. The van der Waals surface area contributed by atoms with E-state index in [1.54, 1.807) is 6.92 Å². The molecule has 0 saturated heterocycles. The number of pyridine rings is 1. The van der Waals surface area contributed by atoms with Crippen molar-refractivity contribution in [1.29, 1.82) is 0 Å². The van der Waals surface area contributed by atoms with E-state index in [2.05, 4.69) is 10.3 Å². The highest BCUT2D eigenvalue weighted by molar-refractivity contribution is 5.68. The summed E-state index contributed by atoms with van der Waals surface area (Å²) in [6.07, 6.45) is -0.171. The van der Waals surface area contributed by atoms with Crippen molar-refractivity contribution in [2.24, 2.45) is 0 Å². The summed E-state index contributed by atoms with van der Waals surface area (Å²) in [5.41, 5.74) is -0.229. The Bertz CT molecular complexity index is 463. The van der Waals surface area contributed by atoms with Gasteiger partial charge in [-0.25, -0.2) is 0 Å². The SMILES string of the molecule is COc1ccc([N+](=O)[O-])c(NC(C)CC(=O)O)n1. The fourth-order valence-electron chi connectivity index (χ4n) is 1.35. The van der Waals surface area contributed by atoms with Crippen molar-refractivity contribution in [2.75, 3.05) is 12.4 Å². The van der Waals surface area contributed by atoms with E-state index in [1.807, 2.05) is 0 Å². The molecule has 2 N–H and O–H groups in total. The number of aliphatic carboxylic acids is 1. The number of anilines is 1. The van der Waals surface area contributed by atoms with Crippen LogP contribution in [0.1, 0.15) is 13.3 Å². The van der Waals surface area contributed by atoms with Crippen molar-refractivity contribution in [3.63, 3.8) is 0 Å². The Morgan fingerprint density at radius 3 is 2.83 bits per heavy atom. The average molecular weight is 255 g/mol. The lowest BCUT2D eigenvalue weighted by atomic mass is 10.2. The first-order chi connectivity index (χ1) is 8.43. The van der Waals surface area contributed by atoms with E-state index in [0.717, 1.165) is 0 Å². The Kier molecular flexibility index (Phi) is 4.41. The molecule has 1 rings (SSSR count). The maximum atomic E-state index is 10.8. The molecule has 8 heteroatoms. The van der Waals surface area contributed by atoms with E-state index in [0.29, 0.717) is 0 Å². The number of nitrogens with one attached hydrogen (secondary N) is 1. The summed E-state index contributed by atoms with van der Waals surface area (Å²) >= 11 is 0. The van der Waals surface area contributed by atoms with Crippen LogP contribution in [0.2, 0.25) is 0 Å². The van der Waals surface area contributed by atoms with E-state index in [1.165, 1.54) is 19.2 Å². The van der Waals surface area contributed by atoms with Gasteiger partial charge in [0.05, 0.1) is 18.5 Å². The first-order valence-electron chi connectivity index (χ1n) is 5.11. The number of nitrogens with zero attached hydrogens (tertiary/aromatic N) is 2. The molecule has 0 radical (unpaired) electrons. The highest BCUT2D eigenvalue weighted by atomic mass is 16.6. The van der Waals surface area contributed by atoms with Gasteiger partial charge in [-0.3, -0.25) is 14.9 Å². The largest absolute Gasteiger partial charge is 0.481 e. The minimum absolute atomic E-state index is 0.00639. The fraction of sp³-hybridized carbons (Fsp3) is 0.400. The van der Waals surface area contributed by atoms with Gasteiger partial charge >= 0.3 is 11.7 Å². The summed E-state index contributed by atoms with van der Waals surface area (Å²) in [6, 6.07) is 2.13. The Hall–Kier alpha value is -2.38. The van der Waals surface area contributed by atoms with Crippen LogP contribution in [0.4, 0.5) is 11.5 Å². The standard InChI is InChI=1S/C10H13N3O5/c1-6(5-9(14)15)11-10-7(13(16)17)3-4-8(12-10)18-2/h3-4,6H,5H2,1-2H3,(H,11,12)(H,14,15). The minimum Gasteiger partial charge on any atom is -0.481 e. The lowest BCUT2D eigenvalue weighted by Gasteiger charge is -2.12. The number of carbonyl (C=O) groups is 1. The van der Waals surface area contributed by atoms with Gasteiger partial charge in [0.1, 0.15) is 0 Å². The predicted octanol–water partition coefficient (Wildman–Crippen LogP) is 1.27. The Labute approximate surface area is 103 Å². The molecule has 1 heterocycles. The van der Waals surface area contributed by atoms with Crippen LogP contribution in [0.3, 0.4) is 0 Å². The fourth-order valence-corrected chi connectivity index (χ4v) is 1.35. The Morgan fingerprint density at radius 1 is 1.67 bits per heavy atom. The molecule has 0 aliphatic rings. The smallest absolute Gasteiger partial charge is 0.311 e. The summed E-state index contributed by atoms with van der Waals surface area (Å²) in [4.78, 5) is 24.6. The molecule has 98 valence electrons. The second-order valence-electron chi connectivity index (χ2n) is 3.62. The molecule has 0 saturated carbocycles. The summed E-state index contributed by atoms with van der Waals surface area (Å²) < 4.78 is 4.86. The first-order valence-corrected chi connectivity index (χ1v) is 5.11. The zero-order chi connectivity index (χ0) is 13.7. The third kappa shape index (κ3) is 3.58. The number of hydrogen-bond donors (Lipinski definition) is 2. The maximum absolute atomic E-state index is 10.8. The maximum Gasteiger partial charge on any atom is 0.311 e. The molecule has 0 fully saturated rings. The molecule has 1 atom stereocenters. The molecule has 0 bridgehead atoms. The zero-order valence-electron chi connectivity index (χ0n) is 9.91. The van der Waals surface area contributed by atoms with Gasteiger partial charge in [-0.1, -0.05) is 0 Å². The van der Waals surface area contributed by atoms with Gasteiger partial charge in [0.2, 0.25) is 11.7 Å². The van der Waals surface area contributed by atoms with Crippen LogP contribution in [-0.2, 0) is 4.79 Å². The van der Waals surface area contributed by atoms with Crippen LogP contribution in [0.15, 0.2) is 12.1 Å². The normalized spacial score (nSPS) is 11.7. The molecule has 1 aromatic rings. The second-order valence-corrected chi connectivity index (χ2v) is 3.62. The van der Waals surface area contributed by atoms with Gasteiger partial charge in [-0.05, 0) is 6.92 Å². The number of methoxy groups -OCH3 is 1. The molecular weight excluding hydrogens is 242 g/mol. The number of carboxylic acid groups (broad SMARTS) is 1. The van der Waals surface area contributed by atoms with Crippen LogP contribution in [0.25, 0.3) is 0 Å². The Balaban J connectivity index is 2.96. The van der Waals surface area contributed by atoms with E-state index < -0.39 is 16.9 Å². The molecule has 1 aromatic heterocycles. The topological polar surface area (TPSA) is 115 Å². The van der Waals surface area contributed by atoms with E-state index in [9.17, 15) is 14.9 Å². The van der Waals surface area contributed by atoms with E-state index in [4.69, 9.17) is 9.84 Å². The lowest BCUT2D eigenvalue weighted by molar-refractivity contribution is -0.384. The zero-order valence-corrected chi connectivity index (χ0v) is 9.91. The molecule has 8 nitrogen and oxygen atoms in total. The van der Waals surface area contributed by atoms with Crippen LogP contribution >= 0.6 is 0 Å². The summed E-state index contributed by atoms with van der Waals surface area (Å²) in [5, 5.41) is 22.1. The van der Waals surface area contributed by atoms with Gasteiger partial charge < -0.3 is 15.2 Å². The molecule has 0 aliphatic carbocycles. The van der Waals surface area contributed by atoms with Gasteiger partial charge in [0.25, 0.3) is 0 Å². The molecule has 0 spiro atoms. The van der Waals surface area contributed by atoms with Gasteiger partial charge in [-0.15, -0.1) is 0 Å². The minimum atomic E-state index is -0.999. The highest BCUT2D eigenvalue weighted by Gasteiger charge is 2.19. The van der Waals surface area contributed by atoms with Crippen molar-refractivity contribution in [2.45, 2.75) is 19.4 Å². The van der Waals surface area contributed by atoms with Crippen molar-refractivity contribution in [3.05, 3.63) is 22.2 Å². The number of aromatic nitrogens is 1. The van der Waals surface area contributed by atoms with Gasteiger partial charge in [-0.2, -0.15) is 4.98 Å². The predicted molar refractivity (Wildman–Crippen MR) is 62.8 cm³/mol. The van der Waals surface area contributed by atoms with Crippen molar-refractivity contribution in [1.82, 2.24) is 4.98 Å². The van der Waals surface area contributed by atoms with Crippen molar-refractivity contribution < 1.29 is 19.6 Å². The van der Waals surface area contributed by atoms with Crippen LogP contribution in [0, 0.1) is 10.1 Å². The quantitative estimate of drug-likeness (QED) is 0.581. The number of rotatable bonds is 6.